The first-order valence-corrected chi connectivity index (χ1v) is 10.2. The van der Waals surface area contributed by atoms with Gasteiger partial charge in [0.25, 0.3) is 5.91 Å². The molecule has 2 aromatic carbocycles. The second kappa shape index (κ2) is 8.29. The Kier molecular flexibility index (Phi) is 5.56. The van der Waals surface area contributed by atoms with E-state index >= 15 is 0 Å². The normalized spacial score (nSPS) is 13.3. The number of nitrogens with two attached hydrogens (primary N) is 1. The van der Waals surface area contributed by atoms with Crippen LogP contribution in [0.1, 0.15) is 33.0 Å². The molecule has 9 heteroatoms. The Bertz CT molecular complexity index is 1140. The van der Waals surface area contributed by atoms with Gasteiger partial charge in [0.05, 0.1) is 10.6 Å². The highest BCUT2D eigenvalue weighted by atomic mass is 32.1. The molecule has 0 atom stereocenters. The predicted octanol–water partition coefficient (Wildman–Crippen LogP) is 3.67. The van der Waals surface area contributed by atoms with Crippen molar-refractivity contribution in [3.05, 3.63) is 69.9 Å². The lowest BCUT2D eigenvalue weighted by Gasteiger charge is -2.10. The molecule has 0 unspecified atom stereocenters. The molecule has 1 amide bonds. The van der Waals surface area contributed by atoms with E-state index in [1.807, 2.05) is 18.2 Å². The molecule has 0 aliphatic heterocycles. The fraction of sp³-hybridized carbons (Fsp3) is 0.190. The first-order chi connectivity index (χ1) is 14.5. The van der Waals surface area contributed by atoms with E-state index in [9.17, 15) is 13.6 Å². The van der Waals surface area contributed by atoms with Gasteiger partial charge in [-0.3, -0.25) is 9.79 Å². The van der Waals surface area contributed by atoms with Crippen LogP contribution in [-0.2, 0) is 12.8 Å². The van der Waals surface area contributed by atoms with Gasteiger partial charge >= 0.3 is 0 Å². The van der Waals surface area contributed by atoms with Crippen molar-refractivity contribution in [2.45, 2.75) is 19.3 Å². The number of hydrogen-bond acceptors (Lipinski definition) is 5. The molecule has 1 aromatic heterocycles. The third kappa shape index (κ3) is 3.69. The van der Waals surface area contributed by atoms with Crippen molar-refractivity contribution in [2.24, 2.45) is 10.8 Å². The molecular weight excluding hydrogens is 408 g/mol. The average molecular weight is 427 g/mol. The van der Waals surface area contributed by atoms with Crippen LogP contribution in [0.5, 0.6) is 0 Å². The molecule has 1 heterocycles. The minimum absolute atomic E-state index is 0.155. The van der Waals surface area contributed by atoms with Gasteiger partial charge in [0.1, 0.15) is 23.2 Å². The Labute approximate surface area is 175 Å². The van der Waals surface area contributed by atoms with E-state index in [-0.39, 0.29) is 5.01 Å². The summed E-state index contributed by atoms with van der Waals surface area (Å²) in [6.07, 6.45) is 2.48. The van der Waals surface area contributed by atoms with Crippen LogP contribution in [0, 0.1) is 11.6 Å². The number of amidine groups is 1. The second-order valence-corrected chi connectivity index (χ2v) is 7.79. The molecule has 0 spiro atoms. The van der Waals surface area contributed by atoms with E-state index in [0.717, 1.165) is 52.2 Å². The summed E-state index contributed by atoms with van der Waals surface area (Å²) in [5.74, 6) is 3.78. The Balaban J connectivity index is 1.72. The molecule has 154 valence electrons. The maximum Gasteiger partial charge on any atom is 0.284 e. The largest absolute Gasteiger partial charge is 0.315 e. The summed E-state index contributed by atoms with van der Waals surface area (Å²) in [4.78, 5) is 22.1. The van der Waals surface area contributed by atoms with Crippen LogP contribution in [0.15, 0.2) is 41.4 Å². The zero-order valence-corrected chi connectivity index (χ0v) is 16.9. The number of nitrogens with zero attached hydrogens (tertiary/aromatic N) is 2. The molecule has 30 heavy (non-hydrogen) atoms. The molecule has 0 saturated heterocycles. The average Bonchev–Trinajstić information content (AvgIpc) is 3.09. The van der Waals surface area contributed by atoms with Crippen LogP contribution >= 0.6 is 11.3 Å². The summed E-state index contributed by atoms with van der Waals surface area (Å²) in [6, 6.07) is 9.36. The number of aromatic nitrogens is 1. The Morgan fingerprint density at radius 3 is 2.67 bits per heavy atom. The Morgan fingerprint density at radius 2 is 1.97 bits per heavy atom. The van der Waals surface area contributed by atoms with Crippen molar-refractivity contribution in [1.29, 1.82) is 0 Å². The number of amides is 1. The summed E-state index contributed by atoms with van der Waals surface area (Å²) in [6.45, 7) is 0. The Morgan fingerprint density at radius 1 is 1.20 bits per heavy atom. The molecule has 6 nitrogen and oxygen atoms in total. The van der Waals surface area contributed by atoms with Crippen LogP contribution in [0.3, 0.4) is 0 Å². The van der Waals surface area contributed by atoms with Gasteiger partial charge in [-0.1, -0.05) is 18.2 Å². The number of nitrogens with one attached hydrogen (secondary N) is 2. The van der Waals surface area contributed by atoms with Crippen LogP contribution in [0.25, 0.3) is 10.4 Å². The van der Waals surface area contributed by atoms with Crippen molar-refractivity contribution >= 4 is 28.8 Å². The van der Waals surface area contributed by atoms with Crippen LogP contribution in [0.2, 0.25) is 0 Å². The number of anilines is 1. The molecule has 0 saturated carbocycles. The SMILES string of the molecule is C/N=C(\NN)c1ccc2c(c1)-c1sc(C(=O)Nc3c(F)cccc3F)nc1CCC2. The van der Waals surface area contributed by atoms with Gasteiger partial charge < -0.3 is 10.7 Å². The van der Waals surface area contributed by atoms with Gasteiger partial charge in [0, 0.05) is 12.6 Å². The van der Waals surface area contributed by atoms with E-state index in [1.54, 1.807) is 7.05 Å². The number of benzene rings is 2. The number of aryl methyl sites for hydroxylation is 2. The van der Waals surface area contributed by atoms with E-state index in [0.29, 0.717) is 12.3 Å². The van der Waals surface area contributed by atoms with E-state index in [2.05, 4.69) is 20.7 Å². The summed E-state index contributed by atoms with van der Waals surface area (Å²) < 4.78 is 27.8. The number of hydrazine groups is 1. The van der Waals surface area contributed by atoms with Crippen LogP contribution in [-0.4, -0.2) is 23.8 Å². The highest BCUT2D eigenvalue weighted by Crippen LogP contribution is 2.37. The summed E-state index contributed by atoms with van der Waals surface area (Å²) in [5.41, 5.74) is 5.82. The Hall–Kier alpha value is -3.17. The lowest BCUT2D eigenvalue weighted by Crippen LogP contribution is -2.31. The number of thiazole rings is 1. The van der Waals surface area contributed by atoms with Gasteiger partial charge in [-0.15, -0.1) is 11.3 Å². The zero-order chi connectivity index (χ0) is 21.3. The van der Waals surface area contributed by atoms with E-state index < -0.39 is 23.2 Å². The van der Waals surface area contributed by atoms with Crippen molar-refractivity contribution in [3.63, 3.8) is 0 Å². The van der Waals surface area contributed by atoms with Crippen molar-refractivity contribution < 1.29 is 13.6 Å². The van der Waals surface area contributed by atoms with Crippen LogP contribution in [0.4, 0.5) is 14.5 Å². The minimum Gasteiger partial charge on any atom is -0.315 e. The zero-order valence-electron chi connectivity index (χ0n) is 16.1. The first-order valence-electron chi connectivity index (χ1n) is 9.34. The number of rotatable bonds is 3. The smallest absolute Gasteiger partial charge is 0.284 e. The van der Waals surface area contributed by atoms with Gasteiger partial charge in [-0.2, -0.15) is 0 Å². The topological polar surface area (TPSA) is 92.4 Å². The third-order valence-corrected chi connectivity index (χ3v) is 6.07. The molecule has 4 N–H and O–H groups in total. The fourth-order valence-electron chi connectivity index (χ4n) is 3.49. The fourth-order valence-corrected chi connectivity index (χ4v) is 4.55. The standard InChI is InChI=1S/C21H19F2N5OS/c1-25-19(28-24)12-9-8-11-4-2-7-16-18(13(11)10-12)30-21(26-16)20(29)27-17-14(22)5-3-6-15(17)23/h3,5-6,8-10H,2,4,7,24H2,1H3,(H,25,28)(H,27,29). The predicted molar refractivity (Wildman–Crippen MR) is 114 cm³/mol. The van der Waals surface area contributed by atoms with E-state index in [1.165, 1.54) is 17.4 Å². The molecule has 0 fully saturated rings. The molecular formula is C21H19F2N5OS. The summed E-state index contributed by atoms with van der Waals surface area (Å²) in [5, 5.41) is 2.46. The summed E-state index contributed by atoms with van der Waals surface area (Å²) in [7, 11) is 1.64. The van der Waals surface area contributed by atoms with Crippen molar-refractivity contribution in [2.75, 3.05) is 12.4 Å². The highest BCUT2D eigenvalue weighted by Gasteiger charge is 2.24. The number of hydrogen-bond donors (Lipinski definition) is 3. The summed E-state index contributed by atoms with van der Waals surface area (Å²) >= 11 is 1.21. The number of halogens is 2. The second-order valence-electron chi connectivity index (χ2n) is 6.79. The van der Waals surface area contributed by atoms with Gasteiger partial charge in [0.15, 0.2) is 5.01 Å². The molecule has 0 radical (unpaired) electrons. The lowest BCUT2D eigenvalue weighted by atomic mass is 10.0. The minimum atomic E-state index is -0.836. The third-order valence-electron chi connectivity index (χ3n) is 4.94. The number of carbonyl (C=O) groups is 1. The molecule has 3 aromatic rings. The molecule has 1 aliphatic carbocycles. The van der Waals surface area contributed by atoms with Crippen molar-refractivity contribution in [3.8, 4) is 10.4 Å². The lowest BCUT2D eigenvalue weighted by molar-refractivity contribution is 0.102. The molecule has 1 aliphatic rings. The number of aliphatic imine (C=N–C) groups is 1. The molecule has 0 bridgehead atoms. The number of carbonyl (C=O) groups excluding carboxylic acids is 1. The maximum absolute atomic E-state index is 13.9. The first kappa shape index (κ1) is 20.1. The monoisotopic (exact) mass is 427 g/mol. The van der Waals surface area contributed by atoms with Crippen LogP contribution < -0.4 is 16.6 Å². The maximum atomic E-state index is 13.9. The quantitative estimate of drug-likeness (QED) is 0.257. The van der Waals surface area contributed by atoms with Gasteiger partial charge in [-0.25, -0.2) is 19.6 Å². The van der Waals surface area contributed by atoms with Gasteiger partial charge in [-0.05, 0) is 48.6 Å². The number of fused-ring (bicyclic) bond motifs is 3. The highest BCUT2D eigenvalue weighted by molar-refractivity contribution is 7.17. The van der Waals surface area contributed by atoms with E-state index in [4.69, 9.17) is 5.84 Å². The van der Waals surface area contributed by atoms with Gasteiger partial charge in [0.2, 0.25) is 0 Å². The van der Waals surface area contributed by atoms with Crippen molar-refractivity contribution in [1.82, 2.24) is 10.4 Å². The number of para-hydroxylation sites is 1. The molecule has 4 rings (SSSR count).